The van der Waals surface area contributed by atoms with Crippen LogP contribution in [0.5, 0.6) is 5.75 Å². The van der Waals surface area contributed by atoms with E-state index < -0.39 is 6.36 Å². The summed E-state index contributed by atoms with van der Waals surface area (Å²) in [5.41, 5.74) is 1.15. The van der Waals surface area contributed by atoms with Gasteiger partial charge in [0.15, 0.2) is 0 Å². The molecule has 2 fully saturated rings. The molecule has 3 rings (SSSR count). The number of ether oxygens (including phenoxy) is 2. The third kappa shape index (κ3) is 6.40. The van der Waals surface area contributed by atoms with Crippen LogP contribution in [0.3, 0.4) is 0 Å². The van der Waals surface area contributed by atoms with E-state index in [2.05, 4.69) is 4.74 Å². The molecule has 0 atom stereocenters. The molecule has 0 unspecified atom stereocenters. The van der Waals surface area contributed by atoms with Gasteiger partial charge in [0, 0.05) is 13.7 Å². The molecule has 2 aliphatic rings. The molecule has 0 saturated heterocycles. The molecule has 0 N–H and O–H groups in total. The fourth-order valence-corrected chi connectivity index (χ4v) is 5.33. The van der Waals surface area contributed by atoms with Gasteiger partial charge in [-0.3, -0.25) is 0 Å². The Morgan fingerprint density at radius 2 is 1.43 bits per heavy atom. The molecule has 0 radical (unpaired) electrons. The highest BCUT2D eigenvalue weighted by molar-refractivity contribution is 5.29. The molecule has 2 nitrogen and oxygen atoms in total. The van der Waals surface area contributed by atoms with Crippen molar-refractivity contribution in [3.8, 4) is 5.75 Å². The minimum atomic E-state index is -4.62. The van der Waals surface area contributed by atoms with Crippen LogP contribution in [0.2, 0.25) is 0 Å². The fourth-order valence-electron chi connectivity index (χ4n) is 5.33. The highest BCUT2D eigenvalue weighted by Gasteiger charge is 2.32. The topological polar surface area (TPSA) is 18.5 Å². The molecule has 0 spiro atoms. The first-order valence-corrected chi connectivity index (χ1v) is 10.8. The summed E-state index contributed by atoms with van der Waals surface area (Å²) in [5, 5.41) is 0. The highest BCUT2D eigenvalue weighted by Crippen LogP contribution is 2.44. The Hall–Kier alpha value is -1.23. The summed E-state index contributed by atoms with van der Waals surface area (Å²) < 4.78 is 46.0. The van der Waals surface area contributed by atoms with Gasteiger partial charge in [-0.05, 0) is 92.7 Å². The third-order valence-corrected chi connectivity index (χ3v) is 6.88. The van der Waals surface area contributed by atoms with Crippen LogP contribution in [0, 0.1) is 17.8 Å². The molecule has 0 aromatic heterocycles. The Morgan fingerprint density at radius 1 is 0.857 bits per heavy atom. The quantitative estimate of drug-likeness (QED) is 0.456. The normalized spacial score (nSPS) is 28.9. The van der Waals surface area contributed by atoms with Crippen LogP contribution in [0.4, 0.5) is 13.2 Å². The maximum atomic E-state index is 12.3. The van der Waals surface area contributed by atoms with Crippen molar-refractivity contribution in [2.45, 2.75) is 76.5 Å². The first-order chi connectivity index (χ1) is 13.4. The number of halogens is 3. The summed E-state index contributed by atoms with van der Waals surface area (Å²) in [5.74, 6) is 2.94. The van der Waals surface area contributed by atoms with Crippen LogP contribution in [0.15, 0.2) is 24.3 Å². The van der Waals surface area contributed by atoms with Crippen LogP contribution in [0.1, 0.15) is 75.7 Å². The van der Waals surface area contributed by atoms with E-state index in [4.69, 9.17) is 4.74 Å². The first kappa shape index (κ1) is 21.5. The number of hydrogen-bond acceptors (Lipinski definition) is 2. The van der Waals surface area contributed by atoms with Gasteiger partial charge in [0.25, 0.3) is 0 Å². The molecular formula is C23H33F3O2. The monoisotopic (exact) mass is 398 g/mol. The number of methoxy groups -OCH3 is 1. The summed E-state index contributed by atoms with van der Waals surface area (Å²) in [6.45, 7) is 0.882. The molecule has 1 aromatic rings. The Balaban J connectivity index is 1.41. The summed E-state index contributed by atoms with van der Waals surface area (Å²) in [6, 6.07) is 6.49. The number of benzene rings is 1. The first-order valence-electron chi connectivity index (χ1n) is 10.8. The molecular weight excluding hydrogens is 365 g/mol. The van der Waals surface area contributed by atoms with E-state index in [1.165, 1.54) is 63.5 Å². The van der Waals surface area contributed by atoms with Gasteiger partial charge in [-0.1, -0.05) is 25.0 Å². The average molecular weight is 399 g/mol. The number of alkyl halides is 3. The predicted molar refractivity (Wildman–Crippen MR) is 104 cm³/mol. The smallest absolute Gasteiger partial charge is 0.406 e. The zero-order valence-electron chi connectivity index (χ0n) is 16.8. The predicted octanol–water partition coefficient (Wildman–Crippen LogP) is 7.09. The number of hydrogen-bond donors (Lipinski definition) is 0. The van der Waals surface area contributed by atoms with E-state index in [0.717, 1.165) is 42.8 Å². The van der Waals surface area contributed by atoms with Crippen molar-refractivity contribution in [1.82, 2.24) is 0 Å². The van der Waals surface area contributed by atoms with E-state index >= 15 is 0 Å². The molecule has 1 aromatic carbocycles. The maximum absolute atomic E-state index is 12.3. The lowest BCUT2D eigenvalue weighted by atomic mass is 9.68. The zero-order valence-corrected chi connectivity index (χ0v) is 16.8. The summed E-state index contributed by atoms with van der Waals surface area (Å²) in [6.07, 6.45) is 8.16. The van der Waals surface area contributed by atoms with E-state index in [-0.39, 0.29) is 5.75 Å². The molecule has 2 aliphatic carbocycles. The van der Waals surface area contributed by atoms with Gasteiger partial charge < -0.3 is 9.47 Å². The van der Waals surface area contributed by atoms with Crippen LogP contribution >= 0.6 is 0 Å². The van der Waals surface area contributed by atoms with Gasteiger partial charge in [-0.25, -0.2) is 0 Å². The van der Waals surface area contributed by atoms with Crippen molar-refractivity contribution in [3.63, 3.8) is 0 Å². The van der Waals surface area contributed by atoms with Gasteiger partial charge in [0.05, 0.1) is 0 Å². The fraction of sp³-hybridized carbons (Fsp3) is 0.739. The van der Waals surface area contributed by atoms with Gasteiger partial charge in [0.2, 0.25) is 0 Å². The van der Waals surface area contributed by atoms with Crippen molar-refractivity contribution in [2.75, 3.05) is 13.7 Å². The standard InChI is InChI=1S/C23H33F3O2/c1-27-16-2-3-17-4-6-18(7-5-17)19-8-10-20(11-9-19)21-12-14-22(15-13-21)28-23(24,25)26/h12-15,17-20H,2-11,16H2,1H3/t17-,18-,19-,20-. The Morgan fingerprint density at radius 3 is 1.96 bits per heavy atom. The second-order valence-electron chi connectivity index (χ2n) is 8.64. The van der Waals surface area contributed by atoms with Crippen molar-refractivity contribution in [1.29, 1.82) is 0 Å². The van der Waals surface area contributed by atoms with Crippen molar-refractivity contribution in [3.05, 3.63) is 29.8 Å². The average Bonchev–Trinajstić information content (AvgIpc) is 2.68. The maximum Gasteiger partial charge on any atom is 0.573 e. The third-order valence-electron chi connectivity index (χ3n) is 6.88. The summed E-state index contributed by atoms with van der Waals surface area (Å²) in [4.78, 5) is 0. The number of rotatable bonds is 7. The second-order valence-corrected chi connectivity index (χ2v) is 8.64. The Kier molecular flexibility index (Phi) is 7.67. The van der Waals surface area contributed by atoms with Crippen LogP contribution in [-0.4, -0.2) is 20.1 Å². The van der Waals surface area contributed by atoms with E-state index in [1.54, 1.807) is 19.2 Å². The molecule has 0 heterocycles. The van der Waals surface area contributed by atoms with Crippen LogP contribution in [0.25, 0.3) is 0 Å². The Bertz CT molecular complexity index is 569. The molecule has 2 saturated carbocycles. The van der Waals surface area contributed by atoms with Crippen molar-refractivity contribution >= 4 is 0 Å². The molecule has 0 aliphatic heterocycles. The van der Waals surface area contributed by atoms with Crippen molar-refractivity contribution in [2.24, 2.45) is 17.8 Å². The van der Waals surface area contributed by atoms with Crippen LogP contribution < -0.4 is 4.74 Å². The lowest BCUT2D eigenvalue weighted by Crippen LogP contribution is -2.25. The SMILES string of the molecule is COCCC[C@H]1CC[C@H]([C@H]2CC[C@H](c3ccc(OC(F)(F)F)cc3)CC2)CC1. The van der Waals surface area contributed by atoms with E-state index in [0.29, 0.717) is 5.92 Å². The van der Waals surface area contributed by atoms with Crippen molar-refractivity contribution < 1.29 is 22.6 Å². The van der Waals surface area contributed by atoms with Gasteiger partial charge in [-0.15, -0.1) is 13.2 Å². The summed E-state index contributed by atoms with van der Waals surface area (Å²) in [7, 11) is 1.78. The molecule has 158 valence electrons. The molecule has 5 heteroatoms. The molecule has 0 amide bonds. The zero-order chi connectivity index (χ0) is 20.0. The van der Waals surface area contributed by atoms with E-state index in [1.807, 2.05) is 0 Å². The molecule has 28 heavy (non-hydrogen) atoms. The summed E-state index contributed by atoms with van der Waals surface area (Å²) >= 11 is 0. The van der Waals surface area contributed by atoms with E-state index in [9.17, 15) is 13.2 Å². The largest absolute Gasteiger partial charge is 0.573 e. The highest BCUT2D eigenvalue weighted by atomic mass is 19.4. The minimum absolute atomic E-state index is 0.132. The Labute approximate surface area is 166 Å². The minimum Gasteiger partial charge on any atom is -0.406 e. The lowest BCUT2D eigenvalue weighted by Gasteiger charge is -2.38. The van der Waals surface area contributed by atoms with Gasteiger partial charge >= 0.3 is 6.36 Å². The second kappa shape index (κ2) is 10.00. The van der Waals surface area contributed by atoms with Gasteiger partial charge in [0.1, 0.15) is 5.75 Å². The van der Waals surface area contributed by atoms with Gasteiger partial charge in [-0.2, -0.15) is 0 Å². The van der Waals surface area contributed by atoms with Crippen LogP contribution in [-0.2, 0) is 4.74 Å². The molecule has 0 bridgehead atoms. The lowest BCUT2D eigenvalue weighted by molar-refractivity contribution is -0.274.